The Bertz CT molecular complexity index is 8.00. The minimum atomic E-state index is 0. The molecule has 0 nitrogen and oxygen atoms in total. The van der Waals surface area contributed by atoms with Gasteiger partial charge in [0.1, 0.15) is 0 Å². The third-order valence-corrected chi connectivity index (χ3v) is 0. The summed E-state index contributed by atoms with van der Waals surface area (Å²) < 4.78 is 0. The van der Waals surface area contributed by atoms with Gasteiger partial charge in [-0.2, -0.15) is 0 Å². The zero-order chi connectivity index (χ0) is 2.00. The zero-order valence-electron chi connectivity index (χ0n) is 0.825. The molecule has 0 N–H and O–H groups in total. The first-order valence-corrected chi connectivity index (χ1v) is 1.52. The molecule has 0 amide bonds. The van der Waals surface area contributed by atoms with Crippen molar-refractivity contribution in [3.05, 3.63) is 0 Å². The minimum absolute atomic E-state index is 0. The second kappa shape index (κ2) is 19.1. The Morgan fingerprint density at radius 3 is 1.25 bits per heavy atom. The first kappa shape index (κ1) is 16.4. The summed E-state index contributed by atoms with van der Waals surface area (Å²) in [7, 11) is 4.33. The maximum absolute atomic E-state index is 4.33. The number of hydrogen-bond donors (Lipinski definition) is 1. The molecule has 0 radical (unpaired) electrons. The summed E-state index contributed by atoms with van der Waals surface area (Å²) in [5.41, 5.74) is 0. The van der Waals surface area contributed by atoms with Gasteiger partial charge in [0, 0.05) is 0 Å². The van der Waals surface area contributed by atoms with Gasteiger partial charge in [0.2, 0.25) is 0 Å². The molecule has 4 heteroatoms. The van der Waals surface area contributed by atoms with Gasteiger partial charge < -0.3 is 0 Å². The fourth-order valence-electron chi connectivity index (χ4n) is 0. The van der Waals surface area contributed by atoms with Crippen molar-refractivity contribution in [1.29, 1.82) is 0 Å². The van der Waals surface area contributed by atoms with Crippen LogP contribution in [0.1, 0.15) is 0 Å². The number of rotatable bonds is 0. The molecule has 0 aromatic carbocycles. The van der Waals surface area contributed by atoms with E-state index in [2.05, 4.69) is 22.5 Å². The van der Waals surface area contributed by atoms with Crippen LogP contribution < -0.4 is 0 Å². The van der Waals surface area contributed by atoms with Gasteiger partial charge in [-0.25, -0.2) is 0 Å². The van der Waals surface area contributed by atoms with Gasteiger partial charge in [-0.05, 0) is 10.7 Å². The van der Waals surface area contributed by atoms with Gasteiger partial charge in [0.15, 0.2) is 17.4 Å². The first-order chi connectivity index (χ1) is 1.00. The van der Waals surface area contributed by atoms with Crippen LogP contribution >= 0.6 is 22.5 Å². The zero-order valence-corrected chi connectivity index (χ0v) is 2.48. The second-order valence-corrected chi connectivity index (χ2v) is 0. The van der Waals surface area contributed by atoms with E-state index in [4.69, 9.17) is 0 Å². The van der Waals surface area contributed by atoms with Crippen molar-refractivity contribution in [3.8, 4) is 0 Å². The summed E-state index contributed by atoms with van der Waals surface area (Å²) in [6, 6.07) is 0. The van der Waals surface area contributed by atoms with E-state index in [0.29, 0.717) is 0 Å². The Morgan fingerprint density at radius 1 is 1.25 bits per heavy atom. The van der Waals surface area contributed by atoms with Gasteiger partial charge in [-0.3, -0.25) is 0 Å². The van der Waals surface area contributed by atoms with Gasteiger partial charge in [0.25, 0.3) is 0 Å². The summed E-state index contributed by atoms with van der Waals surface area (Å²) in [6.07, 6.45) is 0. The summed E-state index contributed by atoms with van der Waals surface area (Å²) in [6.45, 7) is 0. The van der Waals surface area contributed by atoms with Crippen LogP contribution in [0.3, 0.4) is 0 Å². The Labute approximate surface area is 68.6 Å². The molecular weight excluding hydrogens is 117 g/mol. The first-order valence-electron chi connectivity index (χ1n) is 0.169. The van der Waals surface area contributed by atoms with Crippen molar-refractivity contribution >= 4 is 69.4 Å². The van der Waals surface area contributed by atoms with Crippen LogP contribution in [0.2, 0.25) is 0 Å². The molecule has 0 unspecified atom stereocenters. The van der Waals surface area contributed by atoms with Gasteiger partial charge >= 0.3 is 29.6 Å². The topological polar surface area (TPSA) is 0 Å². The van der Waals surface area contributed by atoms with E-state index in [1.165, 1.54) is 0 Å². The molecule has 0 aliphatic rings. The van der Waals surface area contributed by atoms with E-state index in [1.54, 1.807) is 0 Å². The fourth-order valence-corrected chi connectivity index (χ4v) is 0. The quantitative estimate of drug-likeness (QED) is 0.317. The average Bonchev–Trinajstić information content (AvgIpc) is 1.00. The van der Waals surface area contributed by atoms with Crippen molar-refractivity contribution in [2.75, 3.05) is 0 Å². The molecular formula is H5AlClNaS. The molecule has 0 aliphatic carbocycles. The predicted molar refractivity (Wildman–Crippen MR) is 31.9 cm³/mol. The number of hydrogen-bond acceptors (Lipinski definition) is 1. The van der Waals surface area contributed by atoms with E-state index < -0.39 is 0 Å². The number of halogens is 1. The van der Waals surface area contributed by atoms with E-state index in [0.717, 1.165) is 0 Å². The maximum atomic E-state index is 4.33. The van der Waals surface area contributed by atoms with E-state index in [1.807, 2.05) is 0 Å². The molecule has 4 heavy (non-hydrogen) atoms. The third-order valence-electron chi connectivity index (χ3n) is 0. The molecule has 0 aromatic heterocycles. The van der Waals surface area contributed by atoms with Crippen LogP contribution in [-0.2, 0) is 0 Å². The average molecular weight is 123 g/mol. The third kappa shape index (κ3) is 8.90. The monoisotopic (exact) mass is 122 g/mol. The Hall–Kier alpha value is 2.17. The summed E-state index contributed by atoms with van der Waals surface area (Å²) in [4.78, 5) is 0. The van der Waals surface area contributed by atoms with Crippen molar-refractivity contribution in [1.82, 2.24) is 0 Å². The molecule has 0 rings (SSSR count). The van der Waals surface area contributed by atoms with Crippen molar-refractivity contribution < 1.29 is 0 Å². The van der Waals surface area contributed by atoms with Gasteiger partial charge in [0.05, 0.1) is 0 Å². The fraction of sp³-hybridized carbons (Fsp3) is 0. The molecule has 0 heterocycles. The molecule has 0 bridgehead atoms. The normalized spacial score (nSPS) is 1.50. The van der Waals surface area contributed by atoms with Crippen LogP contribution in [0.5, 0.6) is 0 Å². The molecule has 0 saturated carbocycles. The van der Waals surface area contributed by atoms with Crippen molar-refractivity contribution in [2.45, 2.75) is 0 Å². The van der Waals surface area contributed by atoms with Crippen LogP contribution in [0.25, 0.3) is 0 Å². The summed E-state index contributed by atoms with van der Waals surface area (Å²) in [5, 5.41) is 0. The molecule has 0 atom stereocenters. The molecule has 22 valence electrons. The Morgan fingerprint density at radius 2 is 1.25 bits per heavy atom. The number of thiol groups is 1. The molecule has 0 aliphatic heterocycles. The standard InChI is InChI=1S/Al.ClHS.Na.4H/c;1-2;;;;;/h;2H;;;;;. The SMILES string of the molecule is SCl.[AlH3].[NaH]. The molecule has 0 spiro atoms. The van der Waals surface area contributed by atoms with Crippen LogP contribution in [0.4, 0.5) is 0 Å². The van der Waals surface area contributed by atoms with Crippen molar-refractivity contribution in [3.63, 3.8) is 0 Å². The van der Waals surface area contributed by atoms with E-state index in [9.17, 15) is 0 Å². The van der Waals surface area contributed by atoms with Crippen LogP contribution in [-0.4, -0.2) is 46.9 Å². The molecule has 0 saturated heterocycles. The van der Waals surface area contributed by atoms with Gasteiger partial charge in [-0.15, -0.1) is 0 Å². The Balaban J connectivity index is -0.00000000500. The van der Waals surface area contributed by atoms with E-state index in [-0.39, 0.29) is 46.9 Å². The summed E-state index contributed by atoms with van der Waals surface area (Å²) >= 11 is 3.00. The molecule has 0 aromatic rings. The molecule has 0 fully saturated rings. The van der Waals surface area contributed by atoms with E-state index >= 15 is 0 Å². The Kier molecular flexibility index (Phi) is 78.3. The summed E-state index contributed by atoms with van der Waals surface area (Å²) in [5.74, 6) is 0. The van der Waals surface area contributed by atoms with Gasteiger partial charge in [-0.1, -0.05) is 11.8 Å². The van der Waals surface area contributed by atoms with Crippen molar-refractivity contribution in [2.24, 2.45) is 0 Å². The van der Waals surface area contributed by atoms with Crippen LogP contribution in [0.15, 0.2) is 0 Å². The predicted octanol–water partition coefficient (Wildman–Crippen LogP) is -0.762. The van der Waals surface area contributed by atoms with Crippen LogP contribution in [0, 0.1) is 0 Å². The second-order valence-electron chi connectivity index (χ2n) is 0.